The molecule has 114 valence electrons. The summed E-state index contributed by atoms with van der Waals surface area (Å²) in [5.74, 6) is 0.685. The van der Waals surface area contributed by atoms with Gasteiger partial charge in [-0.3, -0.25) is 4.68 Å². The molecular formula is C18H27N3. The molecule has 21 heavy (non-hydrogen) atoms. The average molecular weight is 285 g/mol. The summed E-state index contributed by atoms with van der Waals surface area (Å²) in [4.78, 5) is 0. The fraction of sp³-hybridized carbons (Fsp3) is 0.500. The van der Waals surface area contributed by atoms with Gasteiger partial charge in [0.25, 0.3) is 0 Å². The van der Waals surface area contributed by atoms with E-state index < -0.39 is 0 Å². The molecule has 0 spiro atoms. The number of hydrogen-bond acceptors (Lipinski definition) is 2. The lowest BCUT2D eigenvalue weighted by Crippen LogP contribution is -2.28. The van der Waals surface area contributed by atoms with Crippen LogP contribution in [0.4, 0.5) is 0 Å². The van der Waals surface area contributed by atoms with Gasteiger partial charge in [-0.15, -0.1) is 0 Å². The number of nitrogens with one attached hydrogen (secondary N) is 1. The summed E-state index contributed by atoms with van der Waals surface area (Å²) >= 11 is 0. The molecule has 2 aromatic rings. The van der Waals surface area contributed by atoms with E-state index in [1.54, 1.807) is 0 Å². The summed E-state index contributed by atoms with van der Waals surface area (Å²) in [6, 6.07) is 10.9. The summed E-state index contributed by atoms with van der Waals surface area (Å²) in [5, 5.41) is 8.14. The van der Waals surface area contributed by atoms with Crippen LogP contribution < -0.4 is 5.32 Å². The van der Waals surface area contributed by atoms with Crippen LogP contribution in [0.3, 0.4) is 0 Å². The zero-order valence-electron chi connectivity index (χ0n) is 13.4. The van der Waals surface area contributed by atoms with Crippen LogP contribution in [-0.2, 0) is 0 Å². The Hall–Kier alpha value is -1.61. The zero-order valence-corrected chi connectivity index (χ0v) is 13.4. The Morgan fingerprint density at radius 3 is 2.52 bits per heavy atom. The molecule has 0 saturated heterocycles. The van der Waals surface area contributed by atoms with Crippen molar-refractivity contribution in [1.82, 2.24) is 15.1 Å². The van der Waals surface area contributed by atoms with Crippen LogP contribution in [0.5, 0.6) is 0 Å². The maximum Gasteiger partial charge on any atom is 0.0643 e. The van der Waals surface area contributed by atoms with Crippen LogP contribution in [-0.4, -0.2) is 22.9 Å². The second-order valence-electron chi connectivity index (χ2n) is 6.07. The fourth-order valence-electron chi connectivity index (χ4n) is 2.52. The highest BCUT2D eigenvalue weighted by Gasteiger charge is 2.12. The normalized spacial score (nSPS) is 12.8. The molecule has 0 aliphatic heterocycles. The summed E-state index contributed by atoms with van der Waals surface area (Å²) in [7, 11) is 0. The minimum Gasteiger partial charge on any atom is -0.314 e. The van der Waals surface area contributed by atoms with Crippen molar-refractivity contribution in [2.45, 2.75) is 39.7 Å². The van der Waals surface area contributed by atoms with Gasteiger partial charge in [0, 0.05) is 18.3 Å². The highest BCUT2D eigenvalue weighted by atomic mass is 15.3. The molecule has 3 nitrogen and oxygen atoms in total. The topological polar surface area (TPSA) is 29.9 Å². The van der Waals surface area contributed by atoms with Crippen LogP contribution >= 0.6 is 0 Å². The standard InChI is InChI=1S/C18H27N3/c1-4-8-18(13-19-11-15(2)3)21-14-17(12-20-21)16-9-6-5-7-10-16/h5-7,9-10,12,14-15,18-19H,4,8,11,13H2,1-3H3. The average Bonchev–Trinajstić information content (AvgIpc) is 2.97. The maximum atomic E-state index is 4.59. The monoisotopic (exact) mass is 285 g/mol. The Kier molecular flexibility index (Phi) is 6.00. The lowest BCUT2D eigenvalue weighted by Gasteiger charge is -2.18. The third-order valence-electron chi connectivity index (χ3n) is 3.64. The van der Waals surface area contributed by atoms with Crippen molar-refractivity contribution in [3.8, 4) is 11.1 Å². The van der Waals surface area contributed by atoms with E-state index in [2.05, 4.69) is 66.3 Å². The first-order valence-electron chi connectivity index (χ1n) is 8.01. The largest absolute Gasteiger partial charge is 0.314 e. The van der Waals surface area contributed by atoms with Gasteiger partial charge in [-0.2, -0.15) is 5.10 Å². The molecule has 1 heterocycles. The maximum absolute atomic E-state index is 4.59. The van der Waals surface area contributed by atoms with Gasteiger partial charge in [0.1, 0.15) is 0 Å². The molecule has 0 aliphatic carbocycles. The van der Waals surface area contributed by atoms with Gasteiger partial charge < -0.3 is 5.32 Å². The van der Waals surface area contributed by atoms with Crippen LogP contribution in [0.1, 0.15) is 39.7 Å². The Bertz CT molecular complexity index is 516. The highest BCUT2D eigenvalue weighted by Crippen LogP contribution is 2.21. The second-order valence-corrected chi connectivity index (χ2v) is 6.07. The second kappa shape index (κ2) is 7.99. The molecule has 0 fully saturated rings. The number of aromatic nitrogens is 2. The first kappa shape index (κ1) is 15.8. The van der Waals surface area contributed by atoms with Crippen molar-refractivity contribution >= 4 is 0 Å². The predicted octanol–water partition coefficient (Wildman–Crippen LogP) is 4.14. The van der Waals surface area contributed by atoms with Gasteiger partial charge >= 0.3 is 0 Å². The molecule has 0 amide bonds. The van der Waals surface area contributed by atoms with E-state index in [0.29, 0.717) is 12.0 Å². The Balaban J connectivity index is 2.05. The minimum absolute atomic E-state index is 0.436. The lowest BCUT2D eigenvalue weighted by atomic mass is 10.1. The van der Waals surface area contributed by atoms with Crippen molar-refractivity contribution < 1.29 is 0 Å². The third kappa shape index (κ3) is 4.71. The van der Waals surface area contributed by atoms with Gasteiger partial charge in [-0.25, -0.2) is 0 Å². The molecule has 0 saturated carbocycles. The highest BCUT2D eigenvalue weighted by molar-refractivity contribution is 5.61. The van der Waals surface area contributed by atoms with E-state index >= 15 is 0 Å². The molecule has 1 aromatic carbocycles. The molecule has 1 N–H and O–H groups in total. The van der Waals surface area contributed by atoms with Crippen LogP contribution in [0.2, 0.25) is 0 Å². The molecule has 1 aromatic heterocycles. The van der Waals surface area contributed by atoms with Gasteiger partial charge in [-0.05, 0) is 24.4 Å². The molecule has 3 heteroatoms. The van der Waals surface area contributed by atoms with E-state index in [-0.39, 0.29) is 0 Å². The SMILES string of the molecule is CCCC(CNCC(C)C)n1cc(-c2ccccc2)cn1. The molecule has 1 atom stereocenters. The molecule has 2 rings (SSSR count). The smallest absolute Gasteiger partial charge is 0.0643 e. The van der Waals surface area contributed by atoms with Gasteiger partial charge in [0.05, 0.1) is 12.2 Å². The van der Waals surface area contributed by atoms with Crippen molar-refractivity contribution in [3.05, 3.63) is 42.7 Å². The zero-order chi connectivity index (χ0) is 15.1. The Morgan fingerprint density at radius 1 is 1.10 bits per heavy atom. The van der Waals surface area contributed by atoms with Crippen molar-refractivity contribution in [3.63, 3.8) is 0 Å². The number of rotatable bonds is 8. The molecular weight excluding hydrogens is 258 g/mol. The summed E-state index contributed by atoms with van der Waals surface area (Å²) < 4.78 is 2.12. The fourth-order valence-corrected chi connectivity index (χ4v) is 2.52. The van der Waals surface area contributed by atoms with Gasteiger partial charge in [0.15, 0.2) is 0 Å². The number of hydrogen-bond donors (Lipinski definition) is 1. The van der Waals surface area contributed by atoms with E-state index in [1.165, 1.54) is 17.5 Å². The molecule has 0 aliphatic rings. The van der Waals surface area contributed by atoms with Crippen LogP contribution in [0.25, 0.3) is 11.1 Å². The van der Waals surface area contributed by atoms with Gasteiger partial charge in [-0.1, -0.05) is 57.5 Å². The molecule has 0 bridgehead atoms. The van der Waals surface area contributed by atoms with Gasteiger partial charge in [0.2, 0.25) is 0 Å². The number of benzene rings is 1. The summed E-state index contributed by atoms with van der Waals surface area (Å²) in [6.07, 6.45) is 6.47. The van der Waals surface area contributed by atoms with Crippen molar-refractivity contribution in [2.75, 3.05) is 13.1 Å². The quantitative estimate of drug-likeness (QED) is 0.790. The Morgan fingerprint density at radius 2 is 1.86 bits per heavy atom. The van der Waals surface area contributed by atoms with Crippen molar-refractivity contribution in [1.29, 1.82) is 0 Å². The number of nitrogens with zero attached hydrogens (tertiary/aromatic N) is 2. The van der Waals surface area contributed by atoms with Crippen LogP contribution in [0.15, 0.2) is 42.7 Å². The third-order valence-corrected chi connectivity index (χ3v) is 3.64. The first-order valence-corrected chi connectivity index (χ1v) is 8.01. The lowest BCUT2D eigenvalue weighted by molar-refractivity contribution is 0.385. The summed E-state index contributed by atoms with van der Waals surface area (Å²) in [6.45, 7) is 8.76. The van der Waals surface area contributed by atoms with E-state index in [0.717, 1.165) is 19.5 Å². The minimum atomic E-state index is 0.436. The van der Waals surface area contributed by atoms with Crippen molar-refractivity contribution in [2.24, 2.45) is 5.92 Å². The predicted molar refractivity (Wildman–Crippen MR) is 89.3 cm³/mol. The molecule has 1 unspecified atom stereocenters. The first-order chi connectivity index (χ1) is 10.2. The molecule has 0 radical (unpaired) electrons. The van der Waals surface area contributed by atoms with E-state index in [4.69, 9.17) is 0 Å². The van der Waals surface area contributed by atoms with E-state index in [9.17, 15) is 0 Å². The Labute approximate surface area is 128 Å². The van der Waals surface area contributed by atoms with Crippen LogP contribution in [0, 0.1) is 5.92 Å². The van der Waals surface area contributed by atoms with E-state index in [1.807, 2.05) is 12.3 Å². The summed E-state index contributed by atoms with van der Waals surface area (Å²) in [5.41, 5.74) is 2.43.